The zero-order valence-electron chi connectivity index (χ0n) is 20.7. The number of nitrogens with one attached hydrogen (secondary N) is 1. The number of aliphatic hydroxyl groups excluding tert-OH is 1. The summed E-state index contributed by atoms with van der Waals surface area (Å²) in [7, 11) is 0. The first kappa shape index (κ1) is 26.4. The quantitative estimate of drug-likeness (QED) is 0.513. The lowest BCUT2D eigenvalue weighted by Gasteiger charge is -2.40. The van der Waals surface area contributed by atoms with Crippen LogP contribution in [0, 0.1) is 0 Å². The van der Waals surface area contributed by atoms with Gasteiger partial charge in [-0.25, -0.2) is 15.1 Å². The van der Waals surface area contributed by atoms with Crippen LogP contribution in [0.4, 0.5) is 19.1 Å². The zero-order valence-corrected chi connectivity index (χ0v) is 20.7. The van der Waals surface area contributed by atoms with Crippen molar-refractivity contribution in [2.75, 3.05) is 31.1 Å². The second-order valence-corrected chi connectivity index (χ2v) is 9.97. The van der Waals surface area contributed by atoms with E-state index < -0.39 is 41.4 Å². The van der Waals surface area contributed by atoms with Crippen molar-refractivity contribution >= 4 is 11.9 Å². The number of carbonyl (C=O) groups excluding carboxylic acids is 1. The fourth-order valence-electron chi connectivity index (χ4n) is 4.99. The van der Waals surface area contributed by atoms with Gasteiger partial charge in [0.25, 0.3) is 11.5 Å². The molecule has 2 aliphatic heterocycles. The molecule has 5 rings (SSSR count). The molecule has 206 valence electrons. The summed E-state index contributed by atoms with van der Waals surface area (Å²) in [4.78, 5) is 37.0. The number of anilines is 1. The highest BCUT2D eigenvalue weighted by molar-refractivity contribution is 5.83. The van der Waals surface area contributed by atoms with Crippen LogP contribution >= 0.6 is 0 Å². The van der Waals surface area contributed by atoms with Gasteiger partial charge >= 0.3 is 6.18 Å². The lowest BCUT2D eigenvalue weighted by atomic mass is 10.0. The largest absolute Gasteiger partial charge is 0.486 e. The second-order valence-electron chi connectivity index (χ2n) is 9.97. The molecule has 1 aliphatic carbocycles. The number of H-pyrrole nitrogens is 1. The van der Waals surface area contributed by atoms with Crippen molar-refractivity contribution in [3.8, 4) is 5.75 Å². The average molecular weight is 539 g/mol. The van der Waals surface area contributed by atoms with Crippen molar-refractivity contribution in [3.63, 3.8) is 0 Å². The number of aromatic amines is 1. The van der Waals surface area contributed by atoms with E-state index in [4.69, 9.17) is 9.47 Å². The minimum absolute atomic E-state index is 0.177. The Morgan fingerprint density at radius 3 is 2.53 bits per heavy atom. The minimum atomic E-state index is -4.92. The van der Waals surface area contributed by atoms with Crippen LogP contribution in [0.5, 0.6) is 5.75 Å². The van der Waals surface area contributed by atoms with Crippen LogP contribution in [0.2, 0.25) is 0 Å². The van der Waals surface area contributed by atoms with E-state index in [-0.39, 0.29) is 18.6 Å². The number of β-amino-alcohol motifs (C(OH)–C–C–N with tert-alkyl or cyclic N) is 1. The number of hydrogen-bond acceptors (Lipinski definition) is 9. The van der Waals surface area contributed by atoms with E-state index in [1.165, 1.54) is 6.92 Å². The minimum Gasteiger partial charge on any atom is -0.486 e. The number of carbonyl (C=O) groups is 1. The van der Waals surface area contributed by atoms with Crippen LogP contribution in [0.3, 0.4) is 0 Å². The van der Waals surface area contributed by atoms with Crippen molar-refractivity contribution in [1.82, 2.24) is 25.1 Å². The maximum Gasteiger partial charge on any atom is 0.425 e. The zero-order chi connectivity index (χ0) is 27.0. The number of ether oxygens (including phenoxy) is 2. The Bertz CT molecular complexity index is 1210. The number of aliphatic hydroxyl groups is 1. The smallest absolute Gasteiger partial charge is 0.425 e. The van der Waals surface area contributed by atoms with Gasteiger partial charge in [0.15, 0.2) is 11.3 Å². The first-order valence-electron chi connectivity index (χ1n) is 12.6. The second kappa shape index (κ2) is 10.5. The number of alkyl halides is 3. The topological polar surface area (TPSA) is 134 Å². The summed E-state index contributed by atoms with van der Waals surface area (Å²) >= 11 is 0. The maximum atomic E-state index is 13.2. The molecule has 38 heavy (non-hydrogen) atoms. The van der Waals surface area contributed by atoms with Gasteiger partial charge < -0.3 is 24.4 Å². The van der Waals surface area contributed by atoms with Crippen LogP contribution in [0.25, 0.3) is 0 Å². The molecule has 4 heterocycles. The van der Waals surface area contributed by atoms with Crippen LogP contribution in [-0.4, -0.2) is 86.7 Å². The summed E-state index contributed by atoms with van der Waals surface area (Å²) in [5, 5.41) is 16.0. The third-order valence-corrected chi connectivity index (χ3v) is 7.09. The van der Waals surface area contributed by atoms with Crippen LogP contribution in [-0.2, 0) is 15.7 Å². The number of hydrogen-bond donors (Lipinski definition) is 2. The third-order valence-electron chi connectivity index (χ3n) is 7.09. The lowest BCUT2D eigenvalue weighted by Crippen LogP contribution is -2.55. The Kier molecular flexibility index (Phi) is 7.27. The van der Waals surface area contributed by atoms with Crippen LogP contribution in [0.1, 0.15) is 49.7 Å². The number of amides is 1. The number of halogens is 3. The Morgan fingerprint density at radius 2 is 1.87 bits per heavy atom. The molecule has 2 saturated heterocycles. The molecule has 1 saturated carbocycles. The summed E-state index contributed by atoms with van der Waals surface area (Å²) < 4.78 is 50.6. The van der Waals surface area contributed by atoms with E-state index in [9.17, 15) is 27.9 Å². The van der Waals surface area contributed by atoms with Gasteiger partial charge in [-0.1, -0.05) is 0 Å². The monoisotopic (exact) mass is 538 g/mol. The fraction of sp³-hybridized carbons (Fsp3) is 0.625. The van der Waals surface area contributed by atoms with E-state index in [0.29, 0.717) is 44.3 Å². The predicted octanol–water partition coefficient (Wildman–Crippen LogP) is 1.48. The number of rotatable bonds is 8. The van der Waals surface area contributed by atoms with Crippen molar-refractivity contribution in [2.45, 2.75) is 69.1 Å². The molecule has 3 fully saturated rings. The standard InChI is InChI=1S/C24H29F3N6O5/c1-13(38-19-10-30-31-21(35)20(19)24(25,26)27)12-37-18-5-7-33(22(18)36)16-4-6-32(11-17(16)34)23-28-8-15(9-29-23)14-2-3-14/h8-10,13-14,16-18,34H,2-7,11-12H2,1H3,(H,31,35)/t13-,16+,17+,18+/m0/s1. The Morgan fingerprint density at radius 1 is 1.13 bits per heavy atom. The van der Waals surface area contributed by atoms with Crippen molar-refractivity contribution in [1.29, 1.82) is 0 Å². The van der Waals surface area contributed by atoms with Gasteiger partial charge in [0, 0.05) is 38.4 Å². The molecule has 0 unspecified atom stereocenters. The molecular weight excluding hydrogens is 509 g/mol. The molecule has 0 spiro atoms. The Balaban J connectivity index is 1.13. The van der Waals surface area contributed by atoms with Crippen LogP contribution < -0.4 is 15.2 Å². The number of nitrogens with zero attached hydrogens (tertiary/aromatic N) is 5. The van der Waals surface area contributed by atoms with E-state index in [1.807, 2.05) is 17.3 Å². The first-order valence-corrected chi connectivity index (χ1v) is 12.6. The van der Waals surface area contributed by atoms with Crippen molar-refractivity contribution in [3.05, 3.63) is 40.1 Å². The third kappa shape index (κ3) is 5.60. The van der Waals surface area contributed by atoms with E-state index in [0.717, 1.165) is 24.6 Å². The molecule has 2 aromatic heterocycles. The molecular formula is C24H29F3N6O5. The van der Waals surface area contributed by atoms with Gasteiger partial charge in [0.2, 0.25) is 5.95 Å². The lowest BCUT2D eigenvalue weighted by molar-refractivity contribution is -0.143. The molecule has 3 aliphatic rings. The summed E-state index contributed by atoms with van der Waals surface area (Å²) in [6.45, 7) is 2.56. The van der Waals surface area contributed by atoms with Gasteiger partial charge in [0.1, 0.15) is 12.2 Å². The fourth-order valence-corrected chi connectivity index (χ4v) is 4.99. The number of likely N-dealkylation sites (tertiary alicyclic amines) is 1. The number of aromatic nitrogens is 4. The first-order chi connectivity index (χ1) is 18.1. The molecule has 2 N–H and O–H groups in total. The molecule has 4 atom stereocenters. The summed E-state index contributed by atoms with van der Waals surface area (Å²) in [5.74, 6) is 0.119. The van der Waals surface area contributed by atoms with E-state index in [1.54, 1.807) is 10.00 Å². The number of piperidine rings is 1. The predicted molar refractivity (Wildman–Crippen MR) is 127 cm³/mol. The average Bonchev–Trinajstić information content (AvgIpc) is 3.65. The van der Waals surface area contributed by atoms with E-state index in [2.05, 4.69) is 15.1 Å². The van der Waals surface area contributed by atoms with Gasteiger partial charge in [0.05, 0.1) is 24.9 Å². The van der Waals surface area contributed by atoms with Gasteiger partial charge in [-0.3, -0.25) is 9.59 Å². The van der Waals surface area contributed by atoms with Gasteiger partial charge in [-0.05, 0) is 37.7 Å². The summed E-state index contributed by atoms with van der Waals surface area (Å²) in [5.41, 5.74) is -1.75. The normalized spacial score (nSPS) is 25.1. The van der Waals surface area contributed by atoms with E-state index >= 15 is 0 Å². The Hall–Kier alpha value is -3.26. The highest BCUT2D eigenvalue weighted by Crippen LogP contribution is 2.39. The van der Waals surface area contributed by atoms with Crippen molar-refractivity contribution in [2.24, 2.45) is 0 Å². The molecule has 0 bridgehead atoms. The summed E-state index contributed by atoms with van der Waals surface area (Å²) in [6.07, 6.45) is 0.288. The highest BCUT2D eigenvalue weighted by Gasteiger charge is 2.42. The SMILES string of the molecule is C[C@@H](CO[C@@H]1CCN([C@@H]2CCN(c3ncc(C4CC4)cn3)C[C@H]2O)C1=O)Oc1cn[nH]c(=O)c1C(F)(F)F. The molecule has 0 radical (unpaired) electrons. The molecule has 1 amide bonds. The van der Waals surface area contributed by atoms with Gasteiger partial charge in [-0.2, -0.15) is 18.3 Å². The summed E-state index contributed by atoms with van der Waals surface area (Å²) in [6, 6.07) is -0.386. The van der Waals surface area contributed by atoms with Gasteiger partial charge in [-0.15, -0.1) is 0 Å². The molecule has 11 nitrogen and oxygen atoms in total. The molecule has 0 aromatic carbocycles. The maximum absolute atomic E-state index is 13.2. The Labute approximate surface area is 216 Å². The molecule has 14 heteroatoms. The van der Waals surface area contributed by atoms with Crippen molar-refractivity contribution < 1.29 is 32.5 Å². The van der Waals surface area contributed by atoms with Crippen LogP contribution in [0.15, 0.2) is 23.4 Å². The highest BCUT2D eigenvalue weighted by atomic mass is 19.4. The molecule has 2 aromatic rings.